The number of ether oxygens (including phenoxy) is 3. The Kier molecular flexibility index (Phi) is 5.30. The lowest BCUT2D eigenvalue weighted by Gasteiger charge is -2.50. The van der Waals surface area contributed by atoms with Crippen molar-refractivity contribution in [2.75, 3.05) is 0 Å². The van der Waals surface area contributed by atoms with Crippen molar-refractivity contribution in [3.63, 3.8) is 0 Å². The topological polar surface area (TPSA) is 210 Å². The van der Waals surface area contributed by atoms with Crippen LogP contribution < -0.4 is 14.2 Å². The molecule has 7 rings (SSSR count). The smallest absolute Gasteiger partial charge is 0.305 e. The molecule has 2 bridgehead atoms. The number of fused-ring (bicyclic) bond motifs is 8. The zero-order valence-electron chi connectivity index (χ0n) is 21.5. The molecular weight excluding hydrogens is 552 g/mol. The predicted octanol–water partition coefficient (Wildman–Crippen LogP) is 2.79. The van der Waals surface area contributed by atoms with E-state index in [0.29, 0.717) is 5.56 Å². The molecule has 0 aliphatic carbocycles. The Labute approximate surface area is 236 Å². The molecule has 3 heterocycles. The van der Waals surface area contributed by atoms with E-state index in [9.17, 15) is 46.0 Å². The molecule has 42 heavy (non-hydrogen) atoms. The highest BCUT2D eigenvalue weighted by Gasteiger charge is 2.60. The Morgan fingerprint density at radius 3 is 2.00 bits per heavy atom. The lowest BCUT2D eigenvalue weighted by Crippen LogP contribution is -2.57. The standard InChI is InChI=1S/C30H24O12/c31-13-7-20(37)24-22(8-13)41-30(12-2-4-16(33)19(36)6-12)29(39)26(24)25-23(42-30)10-17(34)14-9-21(38)27(40-28(14)25)11-1-3-15(32)18(35)5-11/h1-8,10,21,26-27,29,31-39H,9H2/t21-,26-,27+,29-,30+/m1/s1. The maximum Gasteiger partial charge on any atom is 0.305 e. The molecule has 4 aromatic carbocycles. The van der Waals surface area contributed by atoms with Crippen molar-refractivity contribution < 1.29 is 60.2 Å². The first-order chi connectivity index (χ1) is 20.0. The monoisotopic (exact) mass is 576 g/mol. The Balaban J connectivity index is 1.47. The van der Waals surface area contributed by atoms with Gasteiger partial charge in [-0.05, 0) is 35.9 Å². The summed E-state index contributed by atoms with van der Waals surface area (Å²) < 4.78 is 18.6. The molecule has 12 nitrogen and oxygen atoms in total. The molecule has 0 saturated carbocycles. The molecule has 0 radical (unpaired) electrons. The quantitative estimate of drug-likeness (QED) is 0.158. The second kappa shape index (κ2) is 8.65. The molecule has 0 spiro atoms. The molecule has 0 unspecified atom stereocenters. The van der Waals surface area contributed by atoms with E-state index >= 15 is 0 Å². The molecule has 3 aliphatic heterocycles. The Hall–Kier alpha value is -5.20. The van der Waals surface area contributed by atoms with Gasteiger partial charge in [0.15, 0.2) is 23.0 Å². The van der Waals surface area contributed by atoms with Crippen molar-refractivity contribution in [1.82, 2.24) is 0 Å². The average molecular weight is 577 g/mol. The number of rotatable bonds is 2. The van der Waals surface area contributed by atoms with E-state index in [1.165, 1.54) is 42.5 Å². The summed E-state index contributed by atoms with van der Waals surface area (Å²) in [5, 5.41) is 95.1. The molecule has 0 fully saturated rings. The van der Waals surface area contributed by atoms with Crippen LogP contribution in [-0.4, -0.2) is 58.2 Å². The van der Waals surface area contributed by atoms with E-state index in [0.717, 1.165) is 12.1 Å². The van der Waals surface area contributed by atoms with Crippen molar-refractivity contribution >= 4 is 0 Å². The highest BCUT2D eigenvalue weighted by Crippen LogP contribution is 2.62. The van der Waals surface area contributed by atoms with Crippen LogP contribution in [0.2, 0.25) is 0 Å². The van der Waals surface area contributed by atoms with E-state index in [1.54, 1.807) is 0 Å². The summed E-state index contributed by atoms with van der Waals surface area (Å²) in [5.74, 6) is -6.11. The third kappa shape index (κ3) is 3.49. The van der Waals surface area contributed by atoms with Crippen LogP contribution in [0, 0.1) is 0 Å². The number of aromatic hydroxyl groups is 7. The summed E-state index contributed by atoms with van der Waals surface area (Å²) in [6.07, 6.45) is -4.00. The van der Waals surface area contributed by atoms with E-state index in [4.69, 9.17) is 14.2 Å². The third-order valence-corrected chi connectivity index (χ3v) is 8.03. The molecule has 3 aliphatic rings. The van der Waals surface area contributed by atoms with Gasteiger partial charge in [-0.2, -0.15) is 0 Å². The van der Waals surface area contributed by atoms with Crippen molar-refractivity contribution in [1.29, 1.82) is 0 Å². The van der Waals surface area contributed by atoms with Gasteiger partial charge in [-0.3, -0.25) is 0 Å². The normalized spacial score (nSPS) is 25.2. The minimum atomic E-state index is -2.09. The van der Waals surface area contributed by atoms with Crippen molar-refractivity contribution in [3.05, 3.63) is 82.4 Å². The molecule has 9 N–H and O–H groups in total. The molecule has 4 aromatic rings. The average Bonchev–Trinajstić information content (AvgIpc) is 2.92. The van der Waals surface area contributed by atoms with E-state index < -0.39 is 53.0 Å². The molecule has 0 aromatic heterocycles. The molecule has 216 valence electrons. The Morgan fingerprint density at radius 1 is 0.643 bits per heavy atom. The number of aliphatic hydroxyl groups is 2. The summed E-state index contributed by atoms with van der Waals surface area (Å²) in [5.41, 5.74) is 0.842. The summed E-state index contributed by atoms with van der Waals surface area (Å²) in [6, 6.07) is 11.1. The van der Waals surface area contributed by atoms with Gasteiger partial charge in [-0.15, -0.1) is 0 Å². The molecule has 12 heteroatoms. The first kappa shape index (κ1) is 25.7. The maximum absolute atomic E-state index is 11.9. The fraction of sp³-hybridized carbons (Fsp3) is 0.200. The number of hydrogen-bond acceptors (Lipinski definition) is 12. The lowest BCUT2D eigenvalue weighted by molar-refractivity contribution is -0.219. The SMILES string of the molecule is Oc1cc(O)c2c(c1)O[C@@]1(c3ccc(O)c(O)c3)Oc3cc(O)c4c(c3[C@@H]2[C@H]1O)O[C@@H](c1ccc(O)c(O)c1)[C@H](O)C4. The highest BCUT2D eigenvalue weighted by molar-refractivity contribution is 5.68. The van der Waals surface area contributed by atoms with Gasteiger partial charge in [0.05, 0.1) is 12.0 Å². The molecule has 0 amide bonds. The number of benzene rings is 4. The zero-order valence-corrected chi connectivity index (χ0v) is 21.5. The first-order valence-electron chi connectivity index (χ1n) is 12.9. The summed E-state index contributed by atoms with van der Waals surface area (Å²) in [6.45, 7) is 0. The molecule has 0 saturated heterocycles. The second-order valence-electron chi connectivity index (χ2n) is 10.5. The van der Waals surface area contributed by atoms with E-state index in [2.05, 4.69) is 0 Å². The lowest BCUT2D eigenvalue weighted by atomic mass is 9.74. The van der Waals surface area contributed by atoms with Crippen molar-refractivity contribution in [2.45, 2.75) is 36.4 Å². The summed E-state index contributed by atoms with van der Waals surface area (Å²) in [4.78, 5) is 0. The fourth-order valence-electron chi connectivity index (χ4n) is 6.09. The number of hydrogen-bond donors (Lipinski definition) is 9. The largest absolute Gasteiger partial charge is 0.508 e. The van der Waals surface area contributed by atoms with Crippen LogP contribution >= 0.6 is 0 Å². The number of aliphatic hydroxyl groups excluding tert-OH is 2. The van der Waals surface area contributed by atoms with Crippen LogP contribution in [0.15, 0.2) is 54.6 Å². The maximum atomic E-state index is 11.9. The van der Waals surface area contributed by atoms with Gasteiger partial charge >= 0.3 is 5.79 Å². The van der Waals surface area contributed by atoms with Gasteiger partial charge in [-0.1, -0.05) is 6.07 Å². The van der Waals surface area contributed by atoms with Gasteiger partial charge in [0.2, 0.25) is 0 Å². The van der Waals surface area contributed by atoms with Crippen LogP contribution in [-0.2, 0) is 12.2 Å². The van der Waals surface area contributed by atoms with Gasteiger partial charge in [-0.25, -0.2) is 0 Å². The zero-order chi connectivity index (χ0) is 29.7. The van der Waals surface area contributed by atoms with Crippen LogP contribution in [0.25, 0.3) is 0 Å². The Morgan fingerprint density at radius 2 is 1.31 bits per heavy atom. The first-order valence-corrected chi connectivity index (χ1v) is 12.9. The fourth-order valence-corrected chi connectivity index (χ4v) is 6.09. The van der Waals surface area contributed by atoms with Crippen LogP contribution in [0.4, 0.5) is 0 Å². The minimum Gasteiger partial charge on any atom is -0.508 e. The molecular formula is C30H24O12. The van der Waals surface area contributed by atoms with Crippen molar-refractivity contribution in [3.8, 4) is 57.5 Å². The van der Waals surface area contributed by atoms with Crippen LogP contribution in [0.3, 0.4) is 0 Å². The second-order valence-corrected chi connectivity index (χ2v) is 10.5. The summed E-state index contributed by atoms with van der Waals surface area (Å²) >= 11 is 0. The van der Waals surface area contributed by atoms with Gasteiger partial charge < -0.3 is 60.2 Å². The number of phenolic OH excluding ortho intramolecular Hbond substituents is 7. The van der Waals surface area contributed by atoms with E-state index in [1.807, 2.05) is 0 Å². The van der Waals surface area contributed by atoms with Gasteiger partial charge in [0, 0.05) is 46.9 Å². The van der Waals surface area contributed by atoms with Gasteiger partial charge in [0.1, 0.15) is 46.7 Å². The van der Waals surface area contributed by atoms with Crippen LogP contribution in [0.5, 0.6) is 57.5 Å². The highest BCUT2D eigenvalue weighted by atomic mass is 16.7. The van der Waals surface area contributed by atoms with E-state index in [-0.39, 0.29) is 63.2 Å². The minimum absolute atomic E-state index is 0.0177. The third-order valence-electron chi connectivity index (χ3n) is 8.03. The predicted molar refractivity (Wildman–Crippen MR) is 141 cm³/mol. The van der Waals surface area contributed by atoms with Gasteiger partial charge in [0.25, 0.3) is 0 Å². The summed E-state index contributed by atoms with van der Waals surface area (Å²) in [7, 11) is 0. The molecule has 5 atom stereocenters. The number of phenols is 7. The van der Waals surface area contributed by atoms with Crippen molar-refractivity contribution in [2.24, 2.45) is 0 Å². The van der Waals surface area contributed by atoms with Crippen LogP contribution in [0.1, 0.15) is 39.8 Å². The Bertz CT molecular complexity index is 1790.